The standard InChI is InChI=1S/C27H36N6O2/c1-17(2)33-16-22-24(26(33)35)28-27(31-11-9-30(10-12-31)20(5)34)29-25(22)32-8-6-7-23(32)21-14-18(3)13-19(4)15-21/h13-17,23,35H,6-12H2,1-5H3. The van der Waals surface area contributed by atoms with Gasteiger partial charge in [-0.15, -0.1) is 0 Å². The van der Waals surface area contributed by atoms with Gasteiger partial charge in [0.05, 0.1) is 11.4 Å². The molecule has 0 bridgehead atoms. The number of aromatic hydroxyl groups is 1. The van der Waals surface area contributed by atoms with Crippen molar-refractivity contribution in [2.45, 2.75) is 59.5 Å². The van der Waals surface area contributed by atoms with Crippen molar-refractivity contribution in [3.63, 3.8) is 0 Å². The lowest BCUT2D eigenvalue weighted by atomic mass is 9.99. The monoisotopic (exact) mass is 476 g/mol. The number of benzene rings is 1. The molecule has 5 rings (SSSR count). The quantitative estimate of drug-likeness (QED) is 0.603. The van der Waals surface area contributed by atoms with Crippen LogP contribution in [0.15, 0.2) is 24.4 Å². The maximum absolute atomic E-state index is 11.8. The fraction of sp³-hybridized carbons (Fsp3) is 0.519. The molecule has 1 aromatic carbocycles. The molecule has 4 heterocycles. The van der Waals surface area contributed by atoms with Crippen LogP contribution in [0.25, 0.3) is 10.9 Å². The van der Waals surface area contributed by atoms with Crippen LogP contribution >= 0.6 is 0 Å². The molecule has 186 valence electrons. The molecular weight excluding hydrogens is 440 g/mol. The van der Waals surface area contributed by atoms with Crippen molar-refractivity contribution < 1.29 is 9.90 Å². The Morgan fingerprint density at radius 3 is 2.34 bits per heavy atom. The number of amides is 1. The summed E-state index contributed by atoms with van der Waals surface area (Å²) in [7, 11) is 0. The largest absolute Gasteiger partial charge is 0.493 e. The Hall–Kier alpha value is -3.29. The highest BCUT2D eigenvalue weighted by Crippen LogP contribution is 2.42. The lowest BCUT2D eigenvalue weighted by Gasteiger charge is -2.35. The number of carbonyl (C=O) groups is 1. The van der Waals surface area contributed by atoms with E-state index in [0.717, 1.165) is 30.6 Å². The molecule has 2 aliphatic heterocycles. The third kappa shape index (κ3) is 4.30. The van der Waals surface area contributed by atoms with E-state index in [2.05, 4.69) is 55.7 Å². The van der Waals surface area contributed by atoms with Gasteiger partial charge < -0.3 is 24.4 Å². The van der Waals surface area contributed by atoms with Crippen molar-refractivity contribution in [2.75, 3.05) is 42.5 Å². The summed E-state index contributed by atoms with van der Waals surface area (Å²) in [4.78, 5) is 28.2. The minimum atomic E-state index is 0.0988. The molecule has 1 N–H and O–H groups in total. The lowest BCUT2D eigenvalue weighted by Crippen LogP contribution is -2.48. The van der Waals surface area contributed by atoms with Gasteiger partial charge in [0.15, 0.2) is 0 Å². The van der Waals surface area contributed by atoms with Gasteiger partial charge in [0.2, 0.25) is 17.7 Å². The number of anilines is 2. The van der Waals surface area contributed by atoms with Gasteiger partial charge in [-0.1, -0.05) is 29.3 Å². The second-order valence-electron chi connectivity index (χ2n) is 10.3. The molecule has 2 saturated heterocycles. The Balaban J connectivity index is 1.60. The highest BCUT2D eigenvalue weighted by atomic mass is 16.3. The topological polar surface area (TPSA) is 77.7 Å². The number of hydrogen-bond donors (Lipinski definition) is 1. The number of aromatic nitrogens is 3. The molecule has 2 aliphatic rings. The highest BCUT2D eigenvalue weighted by molar-refractivity contribution is 5.94. The van der Waals surface area contributed by atoms with E-state index in [1.54, 1.807) is 6.92 Å². The smallest absolute Gasteiger partial charge is 0.228 e. The Morgan fingerprint density at radius 1 is 1.03 bits per heavy atom. The van der Waals surface area contributed by atoms with Crippen LogP contribution in [-0.4, -0.2) is 63.2 Å². The Bertz CT molecular complexity index is 1240. The van der Waals surface area contributed by atoms with Crippen LogP contribution in [0.4, 0.5) is 11.8 Å². The number of carbonyl (C=O) groups excluding carboxylic acids is 1. The van der Waals surface area contributed by atoms with Gasteiger partial charge in [-0.3, -0.25) is 4.79 Å². The van der Waals surface area contributed by atoms with Crippen molar-refractivity contribution >= 4 is 28.6 Å². The van der Waals surface area contributed by atoms with Gasteiger partial charge in [-0.2, -0.15) is 4.98 Å². The van der Waals surface area contributed by atoms with E-state index in [0.29, 0.717) is 37.6 Å². The summed E-state index contributed by atoms with van der Waals surface area (Å²) in [6.45, 7) is 13.6. The van der Waals surface area contributed by atoms with Crippen molar-refractivity contribution in [3.05, 3.63) is 41.1 Å². The molecule has 1 atom stereocenters. The molecule has 8 nitrogen and oxygen atoms in total. The van der Waals surface area contributed by atoms with Crippen molar-refractivity contribution in [2.24, 2.45) is 0 Å². The van der Waals surface area contributed by atoms with E-state index in [1.165, 1.54) is 16.7 Å². The molecular formula is C27H36N6O2. The molecule has 0 radical (unpaired) electrons. The van der Waals surface area contributed by atoms with Crippen LogP contribution in [0.2, 0.25) is 0 Å². The third-order valence-corrected chi connectivity index (χ3v) is 7.36. The normalized spacial score (nSPS) is 18.8. The minimum absolute atomic E-state index is 0.0988. The van der Waals surface area contributed by atoms with Crippen LogP contribution in [0.1, 0.15) is 62.4 Å². The Labute approximate surface area is 207 Å². The minimum Gasteiger partial charge on any atom is -0.493 e. The molecule has 1 amide bonds. The van der Waals surface area contributed by atoms with Gasteiger partial charge in [0.1, 0.15) is 11.3 Å². The molecule has 8 heteroatoms. The van der Waals surface area contributed by atoms with Crippen LogP contribution < -0.4 is 9.80 Å². The van der Waals surface area contributed by atoms with E-state index in [1.807, 2.05) is 15.7 Å². The van der Waals surface area contributed by atoms with Crippen molar-refractivity contribution in [1.82, 2.24) is 19.4 Å². The predicted molar refractivity (Wildman–Crippen MR) is 139 cm³/mol. The molecule has 0 saturated carbocycles. The number of aryl methyl sites for hydroxylation is 2. The highest BCUT2D eigenvalue weighted by Gasteiger charge is 2.32. The summed E-state index contributed by atoms with van der Waals surface area (Å²) in [6, 6.07) is 7.12. The first-order chi connectivity index (χ1) is 16.7. The maximum atomic E-state index is 11.8. The first kappa shape index (κ1) is 23.5. The van der Waals surface area contributed by atoms with Crippen molar-refractivity contribution in [3.8, 4) is 5.88 Å². The average molecular weight is 477 g/mol. The van der Waals surface area contributed by atoms with Crippen LogP contribution in [0.5, 0.6) is 5.88 Å². The number of nitrogens with zero attached hydrogens (tertiary/aromatic N) is 6. The number of piperazine rings is 1. The first-order valence-electron chi connectivity index (χ1n) is 12.7. The molecule has 3 aromatic rings. The molecule has 0 aliphatic carbocycles. The van der Waals surface area contributed by atoms with Gasteiger partial charge in [0.25, 0.3) is 0 Å². The summed E-state index contributed by atoms with van der Waals surface area (Å²) in [5, 5.41) is 12.0. The summed E-state index contributed by atoms with van der Waals surface area (Å²) in [6.07, 6.45) is 4.16. The van der Waals surface area contributed by atoms with Gasteiger partial charge in [-0.05, 0) is 46.1 Å². The van der Waals surface area contributed by atoms with Gasteiger partial charge in [0, 0.05) is 51.9 Å². The van der Waals surface area contributed by atoms with E-state index in [-0.39, 0.29) is 23.9 Å². The van der Waals surface area contributed by atoms with Gasteiger partial charge >= 0.3 is 0 Å². The molecule has 2 aromatic heterocycles. The van der Waals surface area contributed by atoms with E-state index >= 15 is 0 Å². The van der Waals surface area contributed by atoms with Crippen LogP contribution in [0, 0.1) is 13.8 Å². The Morgan fingerprint density at radius 2 is 1.71 bits per heavy atom. The summed E-state index contributed by atoms with van der Waals surface area (Å²) in [5.74, 6) is 1.79. The number of fused-ring (bicyclic) bond motifs is 1. The zero-order chi connectivity index (χ0) is 24.9. The van der Waals surface area contributed by atoms with Crippen LogP contribution in [0.3, 0.4) is 0 Å². The zero-order valence-corrected chi connectivity index (χ0v) is 21.5. The molecule has 1 unspecified atom stereocenters. The second kappa shape index (κ2) is 9.06. The van der Waals surface area contributed by atoms with Crippen molar-refractivity contribution in [1.29, 1.82) is 0 Å². The number of hydrogen-bond acceptors (Lipinski definition) is 6. The average Bonchev–Trinajstić information content (AvgIpc) is 3.43. The lowest BCUT2D eigenvalue weighted by molar-refractivity contribution is -0.129. The molecule has 0 spiro atoms. The maximum Gasteiger partial charge on any atom is 0.228 e. The van der Waals surface area contributed by atoms with Gasteiger partial charge in [-0.25, -0.2) is 4.98 Å². The SMILES string of the molecule is CC(=O)N1CCN(c2nc(N3CCCC3c3cc(C)cc(C)c3)c3cn(C(C)C)c(O)c3n2)CC1. The molecule has 35 heavy (non-hydrogen) atoms. The van der Waals surface area contributed by atoms with E-state index in [9.17, 15) is 9.90 Å². The van der Waals surface area contributed by atoms with Crippen LogP contribution in [-0.2, 0) is 4.79 Å². The fourth-order valence-corrected chi connectivity index (χ4v) is 5.60. The summed E-state index contributed by atoms with van der Waals surface area (Å²) >= 11 is 0. The number of rotatable bonds is 4. The summed E-state index contributed by atoms with van der Waals surface area (Å²) in [5.41, 5.74) is 4.45. The third-order valence-electron chi connectivity index (χ3n) is 7.36. The van der Waals surface area contributed by atoms with E-state index in [4.69, 9.17) is 9.97 Å². The zero-order valence-electron chi connectivity index (χ0n) is 21.5. The Kier molecular flexibility index (Phi) is 6.07. The molecule has 2 fully saturated rings. The second-order valence-corrected chi connectivity index (χ2v) is 10.3. The fourth-order valence-electron chi connectivity index (χ4n) is 5.60. The predicted octanol–water partition coefficient (Wildman–Crippen LogP) is 4.34. The van der Waals surface area contributed by atoms with E-state index < -0.39 is 0 Å². The first-order valence-corrected chi connectivity index (χ1v) is 12.7. The summed E-state index contributed by atoms with van der Waals surface area (Å²) < 4.78 is 1.88.